The molecule has 3 fully saturated rings. The van der Waals surface area contributed by atoms with Crippen molar-refractivity contribution >= 4 is 11.9 Å². The number of anilines is 2. The molecule has 0 saturated carbocycles. The molecule has 0 aromatic carbocycles. The third kappa shape index (κ3) is 3.32. The molecule has 3 saturated heterocycles. The van der Waals surface area contributed by atoms with E-state index in [1.165, 1.54) is 36.9 Å². The van der Waals surface area contributed by atoms with Gasteiger partial charge in [0, 0.05) is 69.2 Å². The first-order valence-corrected chi connectivity index (χ1v) is 11.4. The zero-order chi connectivity index (χ0) is 19.9. The van der Waals surface area contributed by atoms with E-state index in [1.807, 2.05) is 6.20 Å². The summed E-state index contributed by atoms with van der Waals surface area (Å²) in [5, 5.41) is 0. The summed E-state index contributed by atoms with van der Waals surface area (Å²) in [5.41, 5.74) is 3.68. The number of nitrogens with zero attached hydrogens (tertiary/aromatic N) is 7. The molecule has 0 amide bonds. The second kappa shape index (κ2) is 7.74. The SMILES string of the molecule is c1cc(CN2[C@H]3CC[C@H]2c2cnc(N4CCOCC4)nc2C3)nc(N2CCCC2)n1. The van der Waals surface area contributed by atoms with Crippen LogP contribution in [0.3, 0.4) is 0 Å². The number of ether oxygens (including phenoxy) is 1. The van der Waals surface area contributed by atoms with E-state index in [0.717, 1.165) is 69.9 Å². The van der Waals surface area contributed by atoms with Crippen LogP contribution in [0.1, 0.15) is 48.7 Å². The van der Waals surface area contributed by atoms with E-state index in [9.17, 15) is 0 Å². The predicted molar refractivity (Wildman–Crippen MR) is 114 cm³/mol. The van der Waals surface area contributed by atoms with Crippen LogP contribution >= 0.6 is 0 Å². The number of hydrogen-bond acceptors (Lipinski definition) is 8. The maximum Gasteiger partial charge on any atom is 0.225 e. The highest BCUT2D eigenvalue weighted by molar-refractivity contribution is 5.38. The normalized spacial score (nSPS) is 26.3. The average Bonchev–Trinajstić information content (AvgIpc) is 3.42. The van der Waals surface area contributed by atoms with Gasteiger partial charge in [-0.05, 0) is 31.7 Å². The van der Waals surface area contributed by atoms with Crippen molar-refractivity contribution in [2.75, 3.05) is 49.2 Å². The summed E-state index contributed by atoms with van der Waals surface area (Å²) in [6, 6.07) is 3.02. The summed E-state index contributed by atoms with van der Waals surface area (Å²) in [6.07, 6.45) is 9.91. The van der Waals surface area contributed by atoms with Crippen LogP contribution in [0.4, 0.5) is 11.9 Å². The number of morpholine rings is 1. The molecule has 6 rings (SSSR count). The Hall–Kier alpha value is -2.32. The molecule has 0 aliphatic carbocycles. The molecule has 8 nitrogen and oxygen atoms in total. The third-order valence-corrected chi connectivity index (χ3v) is 7.05. The Morgan fingerprint density at radius 2 is 1.73 bits per heavy atom. The van der Waals surface area contributed by atoms with E-state index in [0.29, 0.717) is 12.1 Å². The smallest absolute Gasteiger partial charge is 0.225 e. The summed E-state index contributed by atoms with van der Waals surface area (Å²) in [6.45, 7) is 6.32. The van der Waals surface area contributed by atoms with Gasteiger partial charge in [0.1, 0.15) is 0 Å². The van der Waals surface area contributed by atoms with E-state index in [-0.39, 0.29) is 0 Å². The Bertz CT molecular complexity index is 910. The van der Waals surface area contributed by atoms with E-state index < -0.39 is 0 Å². The van der Waals surface area contributed by atoms with E-state index in [1.54, 1.807) is 0 Å². The van der Waals surface area contributed by atoms with Gasteiger partial charge in [0.25, 0.3) is 0 Å². The van der Waals surface area contributed by atoms with Crippen LogP contribution in [-0.2, 0) is 17.7 Å². The Balaban J connectivity index is 1.22. The van der Waals surface area contributed by atoms with Crippen molar-refractivity contribution in [1.29, 1.82) is 0 Å². The molecule has 30 heavy (non-hydrogen) atoms. The van der Waals surface area contributed by atoms with Gasteiger partial charge in [0.2, 0.25) is 11.9 Å². The largest absolute Gasteiger partial charge is 0.378 e. The summed E-state index contributed by atoms with van der Waals surface area (Å²) in [7, 11) is 0. The van der Waals surface area contributed by atoms with Crippen molar-refractivity contribution in [2.24, 2.45) is 0 Å². The molecule has 158 valence electrons. The molecule has 0 radical (unpaired) electrons. The van der Waals surface area contributed by atoms with Crippen LogP contribution in [-0.4, -0.2) is 70.3 Å². The first-order chi connectivity index (χ1) is 14.8. The van der Waals surface area contributed by atoms with Crippen LogP contribution < -0.4 is 9.80 Å². The van der Waals surface area contributed by atoms with E-state index in [2.05, 4.69) is 31.9 Å². The fourth-order valence-electron chi connectivity index (χ4n) is 5.45. The molecule has 2 aromatic rings. The molecular weight excluding hydrogens is 378 g/mol. The molecular formula is C22H29N7O. The molecule has 2 aromatic heterocycles. The van der Waals surface area contributed by atoms with Crippen LogP contribution in [0.5, 0.6) is 0 Å². The van der Waals surface area contributed by atoms with E-state index >= 15 is 0 Å². The highest BCUT2D eigenvalue weighted by atomic mass is 16.5. The van der Waals surface area contributed by atoms with Gasteiger partial charge in [-0.15, -0.1) is 0 Å². The Morgan fingerprint density at radius 3 is 2.60 bits per heavy atom. The van der Waals surface area contributed by atoms with Crippen molar-refractivity contribution in [3.05, 3.63) is 35.4 Å². The molecule has 0 N–H and O–H groups in total. The van der Waals surface area contributed by atoms with Gasteiger partial charge in [0.15, 0.2) is 0 Å². The molecule has 0 spiro atoms. The number of rotatable bonds is 4. The Morgan fingerprint density at radius 1 is 0.933 bits per heavy atom. The third-order valence-electron chi connectivity index (χ3n) is 7.05. The lowest BCUT2D eigenvalue weighted by molar-refractivity contribution is 0.122. The Labute approximate surface area is 177 Å². The molecule has 4 aliphatic heterocycles. The number of aromatic nitrogens is 4. The van der Waals surface area contributed by atoms with Gasteiger partial charge in [-0.1, -0.05) is 0 Å². The summed E-state index contributed by atoms with van der Waals surface area (Å²) >= 11 is 0. The average molecular weight is 408 g/mol. The van der Waals surface area contributed by atoms with Gasteiger partial charge in [0.05, 0.1) is 24.6 Å². The highest BCUT2D eigenvalue weighted by Crippen LogP contribution is 2.44. The van der Waals surface area contributed by atoms with Crippen molar-refractivity contribution in [3.63, 3.8) is 0 Å². The van der Waals surface area contributed by atoms with Gasteiger partial charge in [-0.25, -0.2) is 19.9 Å². The van der Waals surface area contributed by atoms with Crippen molar-refractivity contribution < 1.29 is 4.74 Å². The fraction of sp³-hybridized carbons (Fsp3) is 0.636. The van der Waals surface area contributed by atoms with Crippen molar-refractivity contribution in [2.45, 2.75) is 50.7 Å². The monoisotopic (exact) mass is 407 g/mol. The molecule has 8 heteroatoms. The first kappa shape index (κ1) is 18.4. The second-order valence-electron chi connectivity index (χ2n) is 8.84. The Kier molecular flexibility index (Phi) is 4.76. The molecule has 2 bridgehead atoms. The first-order valence-electron chi connectivity index (χ1n) is 11.4. The second-order valence-corrected chi connectivity index (χ2v) is 8.84. The lowest BCUT2D eigenvalue weighted by atomic mass is 9.99. The quantitative estimate of drug-likeness (QED) is 0.762. The van der Waals surface area contributed by atoms with Gasteiger partial charge in [-0.3, -0.25) is 4.90 Å². The molecule has 2 atom stereocenters. The lowest BCUT2D eigenvalue weighted by Gasteiger charge is -2.36. The standard InChI is InChI=1S/C22H29N7O/c1-2-8-27(7-1)21-23-6-5-16(25-21)15-29-17-3-4-20(29)18-14-24-22(26-19(18)13-17)28-9-11-30-12-10-28/h5-6,14,17,20H,1-4,7-13,15H2/t17-,20-/m0/s1. The number of fused-ring (bicyclic) bond motifs is 4. The van der Waals surface area contributed by atoms with Crippen LogP contribution in [0, 0.1) is 0 Å². The van der Waals surface area contributed by atoms with Gasteiger partial charge < -0.3 is 14.5 Å². The maximum atomic E-state index is 5.47. The fourth-order valence-corrected chi connectivity index (χ4v) is 5.45. The highest BCUT2D eigenvalue weighted by Gasteiger charge is 2.41. The zero-order valence-corrected chi connectivity index (χ0v) is 17.4. The van der Waals surface area contributed by atoms with Gasteiger partial charge in [-0.2, -0.15) is 0 Å². The summed E-state index contributed by atoms with van der Waals surface area (Å²) < 4.78 is 5.47. The van der Waals surface area contributed by atoms with Crippen LogP contribution in [0.25, 0.3) is 0 Å². The topological polar surface area (TPSA) is 70.5 Å². The van der Waals surface area contributed by atoms with Crippen molar-refractivity contribution in [3.8, 4) is 0 Å². The maximum absolute atomic E-state index is 5.47. The minimum atomic E-state index is 0.405. The summed E-state index contributed by atoms with van der Waals surface area (Å²) in [4.78, 5) is 26.3. The van der Waals surface area contributed by atoms with E-state index in [4.69, 9.17) is 19.7 Å². The zero-order valence-electron chi connectivity index (χ0n) is 17.4. The molecule has 4 aliphatic rings. The molecule has 0 unspecified atom stereocenters. The van der Waals surface area contributed by atoms with Crippen LogP contribution in [0.15, 0.2) is 18.5 Å². The minimum absolute atomic E-state index is 0.405. The summed E-state index contributed by atoms with van der Waals surface area (Å²) in [5.74, 6) is 1.77. The van der Waals surface area contributed by atoms with Crippen LogP contribution in [0.2, 0.25) is 0 Å². The van der Waals surface area contributed by atoms with Gasteiger partial charge >= 0.3 is 0 Å². The lowest BCUT2D eigenvalue weighted by Crippen LogP contribution is -2.40. The minimum Gasteiger partial charge on any atom is -0.378 e. The number of hydrogen-bond donors (Lipinski definition) is 0. The predicted octanol–water partition coefficient (Wildman–Crippen LogP) is 1.97. The molecule has 6 heterocycles. The van der Waals surface area contributed by atoms with Crippen molar-refractivity contribution in [1.82, 2.24) is 24.8 Å².